The van der Waals surface area contributed by atoms with Crippen LogP contribution in [0.3, 0.4) is 0 Å². The third-order valence-corrected chi connectivity index (χ3v) is 3.04. The van der Waals surface area contributed by atoms with Gasteiger partial charge in [-0.2, -0.15) is 0 Å². The van der Waals surface area contributed by atoms with E-state index in [2.05, 4.69) is 10.3 Å². The van der Waals surface area contributed by atoms with Crippen molar-refractivity contribution in [1.82, 2.24) is 10.3 Å². The van der Waals surface area contributed by atoms with E-state index in [0.717, 1.165) is 30.0 Å². The van der Waals surface area contributed by atoms with Gasteiger partial charge in [-0.15, -0.1) is 11.3 Å². The van der Waals surface area contributed by atoms with Gasteiger partial charge in [0.2, 0.25) is 5.91 Å². The molecule has 0 saturated heterocycles. The Morgan fingerprint density at radius 3 is 3.07 bits per heavy atom. The Morgan fingerprint density at radius 2 is 2.50 bits per heavy atom. The van der Waals surface area contributed by atoms with E-state index in [-0.39, 0.29) is 5.91 Å². The number of hydrogen-bond donors (Lipinski definition) is 1. The number of carbonyl (C=O) groups is 1. The lowest BCUT2D eigenvalue weighted by Crippen LogP contribution is -2.25. The summed E-state index contributed by atoms with van der Waals surface area (Å²) in [6.07, 6.45) is 3.64. The minimum atomic E-state index is 0.165. The normalized spacial score (nSPS) is 15.5. The standard InChI is InChI=1S/C10H14N2OS/c1-7-11-9(6-14-7)4-5-10(13)12-8-2-3-8/h6,8H,2-5H2,1H3,(H,12,13). The van der Waals surface area contributed by atoms with Gasteiger partial charge in [-0.05, 0) is 26.2 Å². The Hall–Kier alpha value is -0.900. The molecule has 0 aliphatic heterocycles. The van der Waals surface area contributed by atoms with E-state index >= 15 is 0 Å². The summed E-state index contributed by atoms with van der Waals surface area (Å²) in [4.78, 5) is 15.7. The summed E-state index contributed by atoms with van der Waals surface area (Å²) in [6.45, 7) is 1.98. The Kier molecular flexibility index (Phi) is 2.82. The van der Waals surface area contributed by atoms with Gasteiger partial charge in [0.25, 0.3) is 0 Å². The van der Waals surface area contributed by atoms with E-state index in [4.69, 9.17) is 0 Å². The van der Waals surface area contributed by atoms with Gasteiger partial charge in [0.15, 0.2) is 0 Å². The fourth-order valence-electron chi connectivity index (χ4n) is 1.29. The molecule has 0 radical (unpaired) electrons. The van der Waals surface area contributed by atoms with Crippen LogP contribution in [0.2, 0.25) is 0 Å². The highest BCUT2D eigenvalue weighted by Crippen LogP contribution is 2.18. The van der Waals surface area contributed by atoms with Gasteiger partial charge in [0.1, 0.15) is 0 Å². The van der Waals surface area contributed by atoms with Gasteiger partial charge in [-0.25, -0.2) is 4.98 Å². The molecule has 1 aromatic rings. The Balaban J connectivity index is 1.73. The van der Waals surface area contributed by atoms with Gasteiger partial charge < -0.3 is 5.32 Å². The molecule has 0 atom stereocenters. The average Bonchev–Trinajstić information content (AvgIpc) is 2.85. The van der Waals surface area contributed by atoms with Crippen LogP contribution in [0.1, 0.15) is 30.0 Å². The smallest absolute Gasteiger partial charge is 0.220 e. The number of carbonyl (C=O) groups excluding carboxylic acids is 1. The number of rotatable bonds is 4. The summed E-state index contributed by atoms with van der Waals surface area (Å²) < 4.78 is 0. The highest BCUT2D eigenvalue weighted by Gasteiger charge is 2.22. The van der Waals surface area contributed by atoms with Gasteiger partial charge in [0, 0.05) is 17.8 Å². The molecule has 1 aromatic heterocycles. The number of hydrogen-bond acceptors (Lipinski definition) is 3. The Morgan fingerprint density at radius 1 is 1.71 bits per heavy atom. The zero-order chi connectivity index (χ0) is 9.97. The van der Waals surface area contributed by atoms with Crippen molar-refractivity contribution in [2.75, 3.05) is 0 Å². The minimum absolute atomic E-state index is 0.165. The zero-order valence-electron chi connectivity index (χ0n) is 8.25. The van der Waals surface area contributed by atoms with Crippen LogP contribution in [0.4, 0.5) is 0 Å². The van der Waals surface area contributed by atoms with Crippen molar-refractivity contribution in [2.45, 2.75) is 38.6 Å². The van der Waals surface area contributed by atoms with Crippen LogP contribution in [0, 0.1) is 6.92 Å². The lowest BCUT2D eigenvalue weighted by Gasteiger charge is -2.00. The predicted octanol–water partition coefficient (Wildman–Crippen LogP) is 1.66. The first kappa shape index (κ1) is 9.65. The Bertz CT molecular complexity index is 331. The second-order valence-electron chi connectivity index (χ2n) is 3.70. The molecule has 1 N–H and O–H groups in total. The van der Waals surface area contributed by atoms with Gasteiger partial charge in [-0.1, -0.05) is 0 Å². The fraction of sp³-hybridized carbons (Fsp3) is 0.600. The van der Waals surface area contributed by atoms with Crippen LogP contribution >= 0.6 is 11.3 Å². The quantitative estimate of drug-likeness (QED) is 0.821. The number of aromatic nitrogens is 1. The summed E-state index contributed by atoms with van der Waals surface area (Å²) in [5.41, 5.74) is 1.04. The topological polar surface area (TPSA) is 42.0 Å². The maximum atomic E-state index is 11.3. The second-order valence-corrected chi connectivity index (χ2v) is 4.76. The van der Waals surface area contributed by atoms with Crippen molar-refractivity contribution in [1.29, 1.82) is 0 Å². The average molecular weight is 210 g/mol. The van der Waals surface area contributed by atoms with E-state index in [1.54, 1.807) is 11.3 Å². The lowest BCUT2D eigenvalue weighted by molar-refractivity contribution is -0.121. The lowest BCUT2D eigenvalue weighted by atomic mass is 10.2. The largest absolute Gasteiger partial charge is 0.353 e. The molecule has 3 nitrogen and oxygen atoms in total. The first-order valence-corrected chi connectivity index (χ1v) is 5.82. The van der Waals surface area contributed by atoms with Crippen molar-refractivity contribution in [2.24, 2.45) is 0 Å². The van der Waals surface area contributed by atoms with E-state index in [1.165, 1.54) is 0 Å². The zero-order valence-corrected chi connectivity index (χ0v) is 9.06. The van der Waals surface area contributed by atoms with Gasteiger partial charge in [0.05, 0.1) is 10.7 Å². The molecule has 2 rings (SSSR count). The first-order valence-electron chi connectivity index (χ1n) is 4.94. The highest BCUT2D eigenvalue weighted by molar-refractivity contribution is 7.09. The molecule has 0 bridgehead atoms. The maximum Gasteiger partial charge on any atom is 0.220 e. The monoisotopic (exact) mass is 210 g/mol. The van der Waals surface area contributed by atoms with Crippen LogP contribution in [0.5, 0.6) is 0 Å². The van der Waals surface area contributed by atoms with Crippen LogP contribution in [0.15, 0.2) is 5.38 Å². The molecule has 1 aliphatic carbocycles. The highest BCUT2D eigenvalue weighted by atomic mass is 32.1. The third kappa shape index (κ3) is 2.80. The number of thiazole rings is 1. The van der Waals surface area contributed by atoms with E-state index < -0.39 is 0 Å². The molecule has 4 heteroatoms. The Labute approximate surface area is 87.6 Å². The second kappa shape index (κ2) is 4.09. The fourth-order valence-corrected chi connectivity index (χ4v) is 1.94. The molecular formula is C10H14N2OS. The van der Waals surface area contributed by atoms with Gasteiger partial charge >= 0.3 is 0 Å². The van der Waals surface area contributed by atoms with E-state index in [1.807, 2.05) is 12.3 Å². The van der Waals surface area contributed by atoms with Crippen molar-refractivity contribution in [3.05, 3.63) is 16.1 Å². The summed E-state index contributed by atoms with van der Waals surface area (Å²) in [7, 11) is 0. The summed E-state index contributed by atoms with van der Waals surface area (Å²) >= 11 is 1.64. The van der Waals surface area contributed by atoms with Gasteiger partial charge in [-0.3, -0.25) is 4.79 Å². The molecule has 1 amide bonds. The van der Waals surface area contributed by atoms with Crippen LogP contribution in [-0.4, -0.2) is 16.9 Å². The molecule has 1 fully saturated rings. The minimum Gasteiger partial charge on any atom is -0.353 e. The molecule has 0 aromatic carbocycles. The predicted molar refractivity (Wildman–Crippen MR) is 56.3 cm³/mol. The van der Waals surface area contributed by atoms with Crippen molar-refractivity contribution < 1.29 is 4.79 Å². The molecule has 0 unspecified atom stereocenters. The third-order valence-electron chi connectivity index (χ3n) is 2.22. The molecule has 1 aliphatic rings. The number of amides is 1. The first-order chi connectivity index (χ1) is 6.74. The molecule has 1 heterocycles. The summed E-state index contributed by atoms with van der Waals surface area (Å²) in [5, 5.41) is 6.07. The molecule has 0 spiro atoms. The van der Waals surface area contributed by atoms with Crippen molar-refractivity contribution in [3.63, 3.8) is 0 Å². The van der Waals surface area contributed by atoms with Crippen molar-refractivity contribution in [3.8, 4) is 0 Å². The van der Waals surface area contributed by atoms with Crippen LogP contribution in [-0.2, 0) is 11.2 Å². The maximum absolute atomic E-state index is 11.3. The van der Waals surface area contributed by atoms with E-state index in [9.17, 15) is 4.79 Å². The summed E-state index contributed by atoms with van der Waals surface area (Å²) in [6, 6.07) is 0.472. The molecule has 1 saturated carbocycles. The SMILES string of the molecule is Cc1nc(CCC(=O)NC2CC2)cs1. The molecular weight excluding hydrogens is 196 g/mol. The molecule has 76 valence electrons. The van der Waals surface area contributed by atoms with E-state index in [0.29, 0.717) is 12.5 Å². The number of nitrogens with zero attached hydrogens (tertiary/aromatic N) is 1. The van der Waals surface area contributed by atoms with Crippen LogP contribution < -0.4 is 5.32 Å². The number of nitrogens with one attached hydrogen (secondary N) is 1. The molecule has 14 heavy (non-hydrogen) atoms. The van der Waals surface area contributed by atoms with Crippen LogP contribution in [0.25, 0.3) is 0 Å². The number of aryl methyl sites for hydroxylation is 2. The summed E-state index contributed by atoms with van der Waals surface area (Å²) in [5.74, 6) is 0.165. The van der Waals surface area contributed by atoms with Crippen molar-refractivity contribution >= 4 is 17.2 Å².